The van der Waals surface area contributed by atoms with E-state index in [2.05, 4.69) is 26.0 Å². The Morgan fingerprint density at radius 3 is 2.89 bits per heavy atom. The average molecular weight is 246 g/mol. The summed E-state index contributed by atoms with van der Waals surface area (Å²) in [5.74, 6) is 0.557. The van der Waals surface area contributed by atoms with Gasteiger partial charge in [-0.2, -0.15) is 0 Å². The third kappa shape index (κ3) is 3.13. The molecule has 1 atom stereocenters. The van der Waals surface area contributed by atoms with E-state index >= 15 is 0 Å². The molecule has 0 radical (unpaired) electrons. The molecule has 1 spiro atoms. The Kier molecular flexibility index (Phi) is 4.42. The van der Waals surface area contributed by atoms with E-state index in [1.165, 1.54) is 17.6 Å². The van der Waals surface area contributed by atoms with Gasteiger partial charge >= 0.3 is 0 Å². The first-order valence-electron chi connectivity index (χ1n) is 7.47. The molecule has 0 aromatic rings. The van der Waals surface area contributed by atoms with Gasteiger partial charge in [0.05, 0.1) is 0 Å². The molecule has 0 N–H and O–H groups in total. The summed E-state index contributed by atoms with van der Waals surface area (Å²) in [6.45, 7) is 4.31. The van der Waals surface area contributed by atoms with Gasteiger partial charge in [0.15, 0.2) is 0 Å². The average Bonchev–Trinajstić information content (AvgIpc) is 2.33. The maximum Gasteiger partial charge on any atom is 0.139 e. The molecule has 2 aliphatic rings. The van der Waals surface area contributed by atoms with Crippen molar-refractivity contribution in [3.8, 4) is 0 Å². The van der Waals surface area contributed by atoms with Crippen molar-refractivity contribution in [3.63, 3.8) is 0 Å². The molecule has 2 rings (SSSR count). The summed E-state index contributed by atoms with van der Waals surface area (Å²) in [5, 5.41) is 0. The van der Waals surface area contributed by atoms with Crippen molar-refractivity contribution in [1.82, 2.24) is 0 Å². The van der Waals surface area contributed by atoms with Crippen LogP contribution in [0.2, 0.25) is 0 Å². The van der Waals surface area contributed by atoms with Gasteiger partial charge in [0.25, 0.3) is 0 Å². The van der Waals surface area contributed by atoms with E-state index in [0.717, 1.165) is 51.4 Å². The van der Waals surface area contributed by atoms with Crippen LogP contribution in [-0.2, 0) is 4.79 Å². The van der Waals surface area contributed by atoms with E-state index < -0.39 is 0 Å². The second-order valence-electron chi connectivity index (χ2n) is 6.31. The van der Waals surface area contributed by atoms with Crippen LogP contribution in [0.4, 0.5) is 0 Å². The third-order valence-electron chi connectivity index (χ3n) is 4.54. The van der Waals surface area contributed by atoms with Crippen LogP contribution in [0, 0.1) is 5.41 Å². The number of carbonyl (C=O) groups is 1. The van der Waals surface area contributed by atoms with Gasteiger partial charge in [-0.3, -0.25) is 4.79 Å². The fourth-order valence-electron chi connectivity index (χ4n) is 3.49. The topological polar surface area (TPSA) is 17.1 Å². The van der Waals surface area contributed by atoms with Crippen LogP contribution in [0.1, 0.15) is 71.6 Å². The summed E-state index contributed by atoms with van der Waals surface area (Å²) in [7, 11) is 0. The monoisotopic (exact) mass is 246 g/mol. The molecule has 0 aliphatic heterocycles. The Hall–Kier alpha value is -0.850. The van der Waals surface area contributed by atoms with E-state index in [-0.39, 0.29) is 5.41 Å². The predicted octanol–water partition coefficient (Wildman–Crippen LogP) is 4.97. The number of allylic oxidation sites excluding steroid dienone is 4. The molecule has 2 aliphatic carbocycles. The van der Waals surface area contributed by atoms with Crippen LogP contribution in [0.3, 0.4) is 0 Å². The smallest absolute Gasteiger partial charge is 0.139 e. The van der Waals surface area contributed by atoms with Crippen molar-refractivity contribution in [1.29, 1.82) is 0 Å². The number of hydrogen-bond donors (Lipinski definition) is 0. The molecule has 1 heteroatoms. The summed E-state index contributed by atoms with van der Waals surface area (Å²) >= 11 is 0. The Labute approximate surface area is 111 Å². The van der Waals surface area contributed by atoms with Gasteiger partial charge in [-0.25, -0.2) is 0 Å². The Morgan fingerprint density at radius 1 is 1.33 bits per heavy atom. The minimum Gasteiger partial charge on any atom is -0.299 e. The molecule has 0 heterocycles. The molecular weight excluding hydrogens is 220 g/mol. The van der Waals surface area contributed by atoms with Crippen LogP contribution in [0.5, 0.6) is 0 Å². The number of Topliss-reactive ketones (excluding diaryl/α,β-unsaturated/α-hetero) is 1. The number of hydrogen-bond acceptors (Lipinski definition) is 1. The van der Waals surface area contributed by atoms with E-state index in [9.17, 15) is 4.79 Å². The van der Waals surface area contributed by atoms with Gasteiger partial charge in [-0.05, 0) is 58.8 Å². The highest BCUT2D eigenvalue weighted by atomic mass is 16.1. The maximum absolute atomic E-state index is 12.3. The van der Waals surface area contributed by atoms with Gasteiger partial charge in [0.1, 0.15) is 5.78 Å². The van der Waals surface area contributed by atoms with Gasteiger partial charge in [0.2, 0.25) is 0 Å². The fourth-order valence-corrected chi connectivity index (χ4v) is 3.49. The molecular formula is C17H26O. The largest absolute Gasteiger partial charge is 0.299 e. The minimum atomic E-state index is 0.0489. The number of ketones is 1. The number of carbonyl (C=O) groups excluding carboxylic acids is 1. The highest BCUT2D eigenvalue weighted by molar-refractivity contribution is 5.86. The van der Waals surface area contributed by atoms with Crippen LogP contribution in [-0.4, -0.2) is 5.78 Å². The Balaban J connectivity index is 1.96. The van der Waals surface area contributed by atoms with Crippen molar-refractivity contribution >= 4 is 5.78 Å². The van der Waals surface area contributed by atoms with E-state index in [0.29, 0.717) is 5.78 Å². The van der Waals surface area contributed by atoms with Gasteiger partial charge in [-0.1, -0.05) is 29.7 Å². The summed E-state index contributed by atoms with van der Waals surface area (Å²) in [6.07, 6.45) is 14.6. The van der Waals surface area contributed by atoms with Crippen molar-refractivity contribution in [2.45, 2.75) is 71.6 Å². The lowest BCUT2D eigenvalue weighted by molar-refractivity contribution is -0.132. The number of rotatable bonds is 3. The van der Waals surface area contributed by atoms with E-state index in [1.54, 1.807) is 0 Å². The lowest BCUT2D eigenvalue weighted by atomic mass is 9.64. The van der Waals surface area contributed by atoms with Crippen molar-refractivity contribution in [3.05, 3.63) is 23.3 Å². The normalized spacial score (nSPS) is 28.1. The fraction of sp³-hybridized carbons (Fsp3) is 0.706. The molecule has 1 nitrogen and oxygen atoms in total. The van der Waals surface area contributed by atoms with E-state index in [1.807, 2.05) is 0 Å². The predicted molar refractivity (Wildman–Crippen MR) is 76.5 cm³/mol. The zero-order valence-electron chi connectivity index (χ0n) is 11.9. The zero-order valence-corrected chi connectivity index (χ0v) is 11.9. The summed E-state index contributed by atoms with van der Waals surface area (Å²) < 4.78 is 0. The molecule has 100 valence electrons. The Morgan fingerprint density at radius 2 is 2.17 bits per heavy atom. The van der Waals surface area contributed by atoms with Crippen molar-refractivity contribution < 1.29 is 4.79 Å². The molecule has 0 aromatic carbocycles. The SMILES string of the molecule is CC(C)=CCCC1=CCCC2(CCCCC2=O)C1. The molecule has 1 fully saturated rings. The Bertz CT molecular complexity index is 371. The highest BCUT2D eigenvalue weighted by Gasteiger charge is 2.40. The van der Waals surface area contributed by atoms with Crippen molar-refractivity contribution in [2.24, 2.45) is 5.41 Å². The molecule has 1 saturated carbocycles. The second-order valence-corrected chi connectivity index (χ2v) is 6.31. The molecule has 1 unspecified atom stereocenters. The lowest BCUT2D eigenvalue weighted by Crippen LogP contribution is -2.36. The minimum absolute atomic E-state index is 0.0489. The van der Waals surface area contributed by atoms with Crippen molar-refractivity contribution in [2.75, 3.05) is 0 Å². The van der Waals surface area contributed by atoms with Gasteiger partial charge in [0, 0.05) is 11.8 Å². The van der Waals surface area contributed by atoms with Gasteiger partial charge in [-0.15, -0.1) is 0 Å². The molecule has 0 aromatic heterocycles. The standard InChI is InChI=1S/C17H26O/c1-14(2)7-5-8-15-9-6-12-17(13-15)11-4-3-10-16(17)18/h7,9H,3-6,8,10-13H2,1-2H3. The van der Waals surface area contributed by atoms with Crippen LogP contribution < -0.4 is 0 Å². The third-order valence-corrected chi connectivity index (χ3v) is 4.54. The maximum atomic E-state index is 12.3. The molecule has 18 heavy (non-hydrogen) atoms. The summed E-state index contributed by atoms with van der Waals surface area (Å²) in [5.41, 5.74) is 2.98. The first kappa shape index (κ1) is 13.6. The first-order chi connectivity index (χ1) is 8.62. The van der Waals surface area contributed by atoms with E-state index in [4.69, 9.17) is 0 Å². The zero-order chi connectivity index (χ0) is 13.0. The molecule has 0 bridgehead atoms. The molecule has 0 saturated heterocycles. The summed E-state index contributed by atoms with van der Waals surface area (Å²) in [4.78, 5) is 12.3. The second kappa shape index (κ2) is 5.86. The van der Waals surface area contributed by atoms with Crippen LogP contribution in [0.25, 0.3) is 0 Å². The van der Waals surface area contributed by atoms with Crippen LogP contribution >= 0.6 is 0 Å². The van der Waals surface area contributed by atoms with Gasteiger partial charge < -0.3 is 0 Å². The first-order valence-corrected chi connectivity index (χ1v) is 7.47. The quantitative estimate of drug-likeness (QED) is 0.642. The summed E-state index contributed by atoms with van der Waals surface area (Å²) in [6, 6.07) is 0. The van der Waals surface area contributed by atoms with Crippen LogP contribution in [0.15, 0.2) is 23.3 Å². The highest BCUT2D eigenvalue weighted by Crippen LogP contribution is 2.46. The lowest BCUT2D eigenvalue weighted by Gasteiger charge is -2.39. The molecule has 0 amide bonds.